The third-order valence-corrected chi connectivity index (χ3v) is 11.0. The summed E-state index contributed by atoms with van der Waals surface area (Å²) in [5.41, 5.74) is 4.76. The summed E-state index contributed by atoms with van der Waals surface area (Å²) in [5.74, 6) is 3.02. The standard InChI is InChI=1S/C36H54O4/c1-6-7-9-27(15-20-35(40-5)29-13-16-30(37)17-14-29)24(2)31-18-19-32-28(10-8-21-36(31,32)4)12-11-26-22-33(38)25(3)34(39)23-26/h11-14,16-17,24,27,31-35,37-39H,3,6-10,15,18-23H2,1-2,4-5H3/b28-12-/t24-,27-,31-,32+,33-,34-,35?,36-/m1/s1. The number of phenolic OH excluding ortho intramolecular Hbond substituents is 1. The van der Waals surface area contributed by atoms with Crippen molar-refractivity contribution >= 4 is 0 Å². The molecule has 3 aliphatic carbocycles. The van der Waals surface area contributed by atoms with E-state index in [0.29, 0.717) is 47.3 Å². The van der Waals surface area contributed by atoms with Gasteiger partial charge in [-0.25, -0.2) is 0 Å². The van der Waals surface area contributed by atoms with Gasteiger partial charge in [0.1, 0.15) is 5.75 Å². The van der Waals surface area contributed by atoms with Crippen LogP contribution in [0.5, 0.6) is 5.75 Å². The van der Waals surface area contributed by atoms with Crippen molar-refractivity contribution in [3.63, 3.8) is 0 Å². The lowest BCUT2D eigenvalue weighted by Gasteiger charge is -2.46. The molecule has 4 heteroatoms. The minimum atomic E-state index is -0.631. The predicted octanol–water partition coefficient (Wildman–Crippen LogP) is 8.44. The number of hydrogen-bond donors (Lipinski definition) is 3. The lowest BCUT2D eigenvalue weighted by Crippen LogP contribution is -2.38. The van der Waals surface area contributed by atoms with Crippen LogP contribution in [-0.4, -0.2) is 34.6 Å². The van der Waals surface area contributed by atoms with Gasteiger partial charge in [-0.1, -0.05) is 82.0 Å². The van der Waals surface area contributed by atoms with Crippen LogP contribution in [0, 0.1) is 29.1 Å². The third kappa shape index (κ3) is 6.94. The number of phenols is 1. The van der Waals surface area contributed by atoms with Crippen molar-refractivity contribution in [1.29, 1.82) is 0 Å². The summed E-state index contributed by atoms with van der Waals surface area (Å²) in [6.07, 6.45) is 16.8. The summed E-state index contributed by atoms with van der Waals surface area (Å²) >= 11 is 0. The van der Waals surface area contributed by atoms with Crippen molar-refractivity contribution < 1.29 is 20.1 Å². The monoisotopic (exact) mass is 550 g/mol. The fraction of sp³-hybridized carbons (Fsp3) is 0.667. The van der Waals surface area contributed by atoms with Crippen molar-refractivity contribution in [3.05, 3.63) is 65.3 Å². The molecule has 222 valence electrons. The number of allylic oxidation sites excluding steroid dienone is 3. The van der Waals surface area contributed by atoms with Gasteiger partial charge in [0.05, 0.1) is 18.3 Å². The van der Waals surface area contributed by atoms with Crippen LogP contribution in [0.1, 0.15) is 109 Å². The van der Waals surface area contributed by atoms with Crippen molar-refractivity contribution in [3.8, 4) is 5.75 Å². The number of fused-ring (bicyclic) bond motifs is 1. The van der Waals surface area contributed by atoms with Gasteiger partial charge in [-0.3, -0.25) is 0 Å². The zero-order chi connectivity index (χ0) is 28.9. The first-order valence-corrected chi connectivity index (χ1v) is 15.9. The van der Waals surface area contributed by atoms with E-state index in [9.17, 15) is 15.3 Å². The number of unbranched alkanes of at least 4 members (excludes halogenated alkanes) is 1. The topological polar surface area (TPSA) is 69.9 Å². The van der Waals surface area contributed by atoms with Crippen LogP contribution in [-0.2, 0) is 4.74 Å². The zero-order valence-corrected chi connectivity index (χ0v) is 25.4. The number of aliphatic hydroxyl groups excluding tert-OH is 2. The van der Waals surface area contributed by atoms with Gasteiger partial charge in [0.15, 0.2) is 0 Å². The molecule has 1 unspecified atom stereocenters. The van der Waals surface area contributed by atoms with E-state index < -0.39 is 12.2 Å². The molecule has 4 nitrogen and oxygen atoms in total. The molecule has 4 rings (SSSR count). The highest BCUT2D eigenvalue weighted by Crippen LogP contribution is 2.60. The Balaban J connectivity index is 1.47. The highest BCUT2D eigenvalue weighted by Gasteiger charge is 2.51. The lowest BCUT2D eigenvalue weighted by molar-refractivity contribution is 0.0520. The van der Waals surface area contributed by atoms with E-state index in [4.69, 9.17) is 4.74 Å². The van der Waals surface area contributed by atoms with Gasteiger partial charge in [-0.15, -0.1) is 0 Å². The summed E-state index contributed by atoms with van der Waals surface area (Å²) in [5, 5.41) is 30.3. The highest BCUT2D eigenvalue weighted by molar-refractivity contribution is 5.30. The van der Waals surface area contributed by atoms with Gasteiger partial charge in [-0.05, 0) is 110 Å². The second kappa shape index (κ2) is 13.9. The maximum atomic E-state index is 10.3. The highest BCUT2D eigenvalue weighted by atomic mass is 16.5. The Morgan fingerprint density at radius 1 is 1.05 bits per heavy atom. The Bertz CT molecular complexity index is 1020. The molecule has 3 saturated carbocycles. The number of ether oxygens (including phenoxy) is 1. The number of aliphatic hydroxyl groups is 2. The molecule has 0 aliphatic heterocycles. The minimum absolute atomic E-state index is 0.0649. The Labute approximate surface area is 243 Å². The average Bonchev–Trinajstić information content (AvgIpc) is 3.30. The van der Waals surface area contributed by atoms with Crippen molar-refractivity contribution in [2.75, 3.05) is 7.11 Å². The maximum Gasteiger partial charge on any atom is 0.115 e. The van der Waals surface area contributed by atoms with Crippen LogP contribution < -0.4 is 0 Å². The normalized spacial score (nSPS) is 32.1. The van der Waals surface area contributed by atoms with E-state index >= 15 is 0 Å². The molecule has 0 saturated heterocycles. The van der Waals surface area contributed by atoms with Gasteiger partial charge >= 0.3 is 0 Å². The van der Waals surface area contributed by atoms with Crippen molar-refractivity contribution in [2.45, 2.75) is 116 Å². The molecule has 1 aromatic carbocycles. The van der Waals surface area contributed by atoms with Crippen molar-refractivity contribution in [2.24, 2.45) is 29.1 Å². The van der Waals surface area contributed by atoms with Crippen molar-refractivity contribution in [1.82, 2.24) is 0 Å². The molecule has 0 heterocycles. The molecule has 40 heavy (non-hydrogen) atoms. The van der Waals surface area contributed by atoms with E-state index in [-0.39, 0.29) is 6.10 Å². The van der Waals surface area contributed by atoms with Gasteiger partial charge in [-0.2, -0.15) is 0 Å². The quantitative estimate of drug-likeness (QED) is 0.242. The summed E-state index contributed by atoms with van der Waals surface area (Å²) in [6, 6.07) is 7.51. The van der Waals surface area contributed by atoms with Crippen LogP contribution in [0.15, 0.2) is 59.7 Å². The van der Waals surface area contributed by atoms with E-state index in [0.717, 1.165) is 23.5 Å². The van der Waals surface area contributed by atoms with E-state index in [1.807, 2.05) is 12.1 Å². The Morgan fingerprint density at radius 2 is 1.75 bits per heavy atom. The second-order valence-electron chi connectivity index (χ2n) is 13.3. The van der Waals surface area contributed by atoms with Crippen LogP contribution in [0.3, 0.4) is 0 Å². The van der Waals surface area contributed by atoms with Crippen LogP contribution in [0.4, 0.5) is 0 Å². The zero-order valence-electron chi connectivity index (χ0n) is 25.4. The molecule has 0 bridgehead atoms. The minimum Gasteiger partial charge on any atom is -0.508 e. The maximum absolute atomic E-state index is 10.3. The third-order valence-electron chi connectivity index (χ3n) is 11.0. The Kier molecular flexibility index (Phi) is 10.8. The molecule has 0 amide bonds. The molecular formula is C36H54O4. The molecule has 0 spiro atoms. The van der Waals surface area contributed by atoms with Gasteiger partial charge in [0, 0.05) is 7.11 Å². The number of rotatable bonds is 11. The van der Waals surface area contributed by atoms with E-state index in [2.05, 4.69) is 39.5 Å². The lowest BCUT2D eigenvalue weighted by atomic mass is 9.59. The first-order chi connectivity index (χ1) is 19.2. The van der Waals surface area contributed by atoms with Gasteiger partial charge in [0.2, 0.25) is 0 Å². The van der Waals surface area contributed by atoms with Crippen LogP contribution in [0.2, 0.25) is 0 Å². The fourth-order valence-corrected chi connectivity index (χ4v) is 8.51. The fourth-order valence-electron chi connectivity index (χ4n) is 8.51. The summed E-state index contributed by atoms with van der Waals surface area (Å²) < 4.78 is 5.92. The predicted molar refractivity (Wildman–Crippen MR) is 164 cm³/mol. The van der Waals surface area contributed by atoms with Gasteiger partial charge in [0.25, 0.3) is 0 Å². The van der Waals surface area contributed by atoms with Gasteiger partial charge < -0.3 is 20.1 Å². The number of hydrogen-bond acceptors (Lipinski definition) is 4. The molecule has 0 aromatic heterocycles. The summed E-state index contributed by atoms with van der Waals surface area (Å²) in [4.78, 5) is 0. The Morgan fingerprint density at radius 3 is 2.40 bits per heavy atom. The summed E-state index contributed by atoms with van der Waals surface area (Å²) in [7, 11) is 1.81. The average molecular weight is 551 g/mol. The second-order valence-corrected chi connectivity index (χ2v) is 13.3. The van der Waals surface area contributed by atoms with E-state index in [1.165, 1.54) is 57.8 Å². The molecular weight excluding hydrogens is 496 g/mol. The smallest absolute Gasteiger partial charge is 0.115 e. The first kappa shape index (κ1) is 31.1. The number of methoxy groups -OCH3 is 1. The largest absolute Gasteiger partial charge is 0.508 e. The van der Waals surface area contributed by atoms with Crippen LogP contribution in [0.25, 0.3) is 0 Å². The van der Waals surface area contributed by atoms with Crippen LogP contribution >= 0.6 is 0 Å². The molecule has 8 atom stereocenters. The number of benzene rings is 1. The first-order valence-electron chi connectivity index (χ1n) is 15.9. The SMILES string of the molecule is C=C1[C@H](O)CC(=C/C=C2/CCC[C@]3(C)[C@@H]([C@H](C)[C@H](CCCC)CCC(OC)c4ccc(O)cc4)CC[C@@H]23)C[C@H]1O. The number of aromatic hydroxyl groups is 1. The Hall–Kier alpha value is -1.88. The molecule has 3 N–H and O–H groups in total. The molecule has 3 fully saturated rings. The molecule has 1 aromatic rings. The molecule has 3 aliphatic rings. The summed E-state index contributed by atoms with van der Waals surface area (Å²) in [6.45, 7) is 11.3. The molecule has 0 radical (unpaired) electrons. The van der Waals surface area contributed by atoms with E-state index in [1.54, 1.807) is 24.8 Å².